The molecule has 1 aliphatic carbocycles. The summed E-state index contributed by atoms with van der Waals surface area (Å²) in [4.78, 5) is 8.50. The van der Waals surface area contributed by atoms with Crippen LogP contribution in [-0.2, 0) is 4.74 Å². The Morgan fingerprint density at radius 1 is 1.24 bits per heavy atom. The van der Waals surface area contributed by atoms with Gasteiger partial charge in [-0.05, 0) is 47.5 Å². The summed E-state index contributed by atoms with van der Waals surface area (Å²) < 4.78 is 6.71. The molecule has 4 nitrogen and oxygen atoms in total. The molecule has 1 aromatic rings. The molecule has 0 bridgehead atoms. The molecule has 5 heteroatoms. The maximum absolute atomic E-state index is 5.80. The van der Waals surface area contributed by atoms with Crippen molar-refractivity contribution in [3.63, 3.8) is 0 Å². The van der Waals surface area contributed by atoms with Crippen LogP contribution in [0.1, 0.15) is 25.7 Å². The van der Waals surface area contributed by atoms with Crippen molar-refractivity contribution in [3.8, 4) is 0 Å². The molecule has 0 spiro atoms. The average molecular weight is 298 g/mol. The van der Waals surface area contributed by atoms with Crippen molar-refractivity contribution < 1.29 is 4.74 Å². The summed E-state index contributed by atoms with van der Waals surface area (Å²) in [6.07, 6.45) is 8.81. The predicted molar refractivity (Wildman–Crippen MR) is 68.8 cm³/mol. The van der Waals surface area contributed by atoms with Gasteiger partial charge in [0.25, 0.3) is 0 Å². The minimum atomic E-state index is 0.454. The van der Waals surface area contributed by atoms with Gasteiger partial charge in [0.15, 0.2) is 0 Å². The Balaban J connectivity index is 1.58. The van der Waals surface area contributed by atoms with Crippen molar-refractivity contribution in [2.75, 3.05) is 11.9 Å². The molecule has 1 aliphatic heterocycles. The topological polar surface area (TPSA) is 47.0 Å². The quantitative estimate of drug-likeness (QED) is 0.932. The Morgan fingerprint density at radius 3 is 2.71 bits per heavy atom. The fourth-order valence-electron chi connectivity index (χ4n) is 2.33. The highest BCUT2D eigenvalue weighted by atomic mass is 79.9. The van der Waals surface area contributed by atoms with Gasteiger partial charge >= 0.3 is 0 Å². The van der Waals surface area contributed by atoms with Gasteiger partial charge in [-0.25, -0.2) is 9.97 Å². The molecule has 1 saturated heterocycles. The Hall–Kier alpha value is -0.680. The molecule has 92 valence electrons. The first-order chi connectivity index (χ1) is 8.31. The SMILES string of the molecule is Brc1cnc(NC2CCOC(C3CC3)C2)nc1. The monoisotopic (exact) mass is 297 g/mol. The molecular weight excluding hydrogens is 282 g/mol. The van der Waals surface area contributed by atoms with Gasteiger partial charge in [-0.2, -0.15) is 0 Å². The van der Waals surface area contributed by atoms with E-state index in [9.17, 15) is 0 Å². The molecule has 1 N–H and O–H groups in total. The number of hydrogen-bond donors (Lipinski definition) is 1. The number of nitrogens with zero attached hydrogens (tertiary/aromatic N) is 2. The van der Waals surface area contributed by atoms with Crippen molar-refractivity contribution in [2.24, 2.45) is 5.92 Å². The molecule has 1 aromatic heterocycles. The summed E-state index contributed by atoms with van der Waals surface area (Å²) in [6.45, 7) is 0.857. The van der Waals surface area contributed by atoms with Gasteiger partial charge < -0.3 is 10.1 Å². The first-order valence-electron chi connectivity index (χ1n) is 6.17. The van der Waals surface area contributed by atoms with Crippen molar-refractivity contribution in [3.05, 3.63) is 16.9 Å². The van der Waals surface area contributed by atoms with E-state index in [1.54, 1.807) is 12.4 Å². The van der Waals surface area contributed by atoms with E-state index in [0.29, 0.717) is 12.1 Å². The van der Waals surface area contributed by atoms with E-state index in [4.69, 9.17) is 4.74 Å². The molecule has 3 rings (SSSR count). The zero-order valence-corrected chi connectivity index (χ0v) is 11.2. The first kappa shape index (κ1) is 11.4. The van der Waals surface area contributed by atoms with Crippen LogP contribution in [0.2, 0.25) is 0 Å². The third-order valence-corrected chi connectivity index (χ3v) is 3.83. The average Bonchev–Trinajstić information content (AvgIpc) is 3.17. The predicted octanol–water partition coefficient (Wildman–Crippen LogP) is 2.61. The molecule has 2 atom stereocenters. The molecule has 0 amide bonds. The van der Waals surface area contributed by atoms with Crippen LogP contribution in [0.3, 0.4) is 0 Å². The normalized spacial score (nSPS) is 29.0. The summed E-state index contributed by atoms with van der Waals surface area (Å²) in [5, 5.41) is 3.40. The van der Waals surface area contributed by atoms with Gasteiger partial charge in [-0.1, -0.05) is 0 Å². The maximum Gasteiger partial charge on any atom is 0.222 e. The first-order valence-corrected chi connectivity index (χ1v) is 6.96. The summed E-state index contributed by atoms with van der Waals surface area (Å²) in [5.41, 5.74) is 0. The number of rotatable bonds is 3. The standard InChI is InChI=1S/C12H16BrN3O/c13-9-6-14-12(15-7-9)16-10-3-4-17-11(5-10)8-1-2-8/h6-8,10-11H,1-5H2,(H,14,15,16). The zero-order valence-electron chi connectivity index (χ0n) is 9.60. The van der Waals surface area contributed by atoms with Crippen molar-refractivity contribution in [1.29, 1.82) is 0 Å². The second-order valence-electron chi connectivity index (χ2n) is 4.84. The molecule has 0 aromatic carbocycles. The van der Waals surface area contributed by atoms with Gasteiger partial charge in [0.05, 0.1) is 10.6 Å². The highest BCUT2D eigenvalue weighted by Crippen LogP contribution is 2.38. The van der Waals surface area contributed by atoms with E-state index in [2.05, 4.69) is 31.2 Å². The fraction of sp³-hybridized carbons (Fsp3) is 0.667. The largest absolute Gasteiger partial charge is 0.378 e. The van der Waals surface area contributed by atoms with E-state index in [1.807, 2.05) is 0 Å². The van der Waals surface area contributed by atoms with E-state index < -0.39 is 0 Å². The lowest BCUT2D eigenvalue weighted by molar-refractivity contribution is -0.00228. The van der Waals surface area contributed by atoms with Crippen LogP contribution >= 0.6 is 15.9 Å². The van der Waals surface area contributed by atoms with Gasteiger partial charge in [-0.3, -0.25) is 0 Å². The fourth-order valence-corrected chi connectivity index (χ4v) is 2.53. The highest BCUT2D eigenvalue weighted by molar-refractivity contribution is 9.10. The van der Waals surface area contributed by atoms with Crippen LogP contribution < -0.4 is 5.32 Å². The lowest BCUT2D eigenvalue weighted by Crippen LogP contribution is -2.35. The number of nitrogens with one attached hydrogen (secondary N) is 1. The minimum absolute atomic E-state index is 0.454. The van der Waals surface area contributed by atoms with Crippen molar-refractivity contribution in [2.45, 2.75) is 37.8 Å². The molecular formula is C12H16BrN3O. The smallest absolute Gasteiger partial charge is 0.222 e. The Kier molecular flexibility index (Phi) is 3.29. The van der Waals surface area contributed by atoms with Gasteiger partial charge in [-0.15, -0.1) is 0 Å². The van der Waals surface area contributed by atoms with Crippen LogP contribution in [0.5, 0.6) is 0 Å². The number of halogens is 1. The maximum atomic E-state index is 5.80. The second-order valence-corrected chi connectivity index (χ2v) is 5.75. The Labute approximate surface area is 109 Å². The van der Waals surface area contributed by atoms with Crippen LogP contribution in [0, 0.1) is 5.92 Å². The lowest BCUT2D eigenvalue weighted by atomic mass is 10.0. The summed E-state index contributed by atoms with van der Waals surface area (Å²) in [7, 11) is 0. The third kappa shape index (κ3) is 2.96. The van der Waals surface area contributed by atoms with Crippen molar-refractivity contribution in [1.82, 2.24) is 9.97 Å². The van der Waals surface area contributed by atoms with E-state index in [1.165, 1.54) is 12.8 Å². The van der Waals surface area contributed by atoms with Gasteiger partial charge in [0.1, 0.15) is 0 Å². The van der Waals surface area contributed by atoms with E-state index in [-0.39, 0.29) is 0 Å². The minimum Gasteiger partial charge on any atom is -0.378 e. The molecule has 2 heterocycles. The molecule has 17 heavy (non-hydrogen) atoms. The third-order valence-electron chi connectivity index (χ3n) is 3.42. The van der Waals surface area contributed by atoms with Crippen LogP contribution in [0.4, 0.5) is 5.95 Å². The van der Waals surface area contributed by atoms with Crippen LogP contribution in [0.25, 0.3) is 0 Å². The van der Waals surface area contributed by atoms with Gasteiger partial charge in [0.2, 0.25) is 5.95 Å². The van der Waals surface area contributed by atoms with Crippen LogP contribution in [0.15, 0.2) is 16.9 Å². The lowest BCUT2D eigenvalue weighted by Gasteiger charge is -2.30. The molecule has 1 saturated carbocycles. The van der Waals surface area contributed by atoms with E-state index >= 15 is 0 Å². The molecule has 2 unspecified atom stereocenters. The highest BCUT2D eigenvalue weighted by Gasteiger charge is 2.35. The Morgan fingerprint density at radius 2 is 2.00 bits per heavy atom. The number of anilines is 1. The molecule has 2 aliphatic rings. The zero-order chi connectivity index (χ0) is 11.7. The van der Waals surface area contributed by atoms with Crippen LogP contribution in [-0.4, -0.2) is 28.7 Å². The number of ether oxygens (including phenoxy) is 1. The number of hydrogen-bond acceptors (Lipinski definition) is 4. The number of aromatic nitrogens is 2. The Bertz CT molecular complexity index is 380. The molecule has 0 radical (unpaired) electrons. The summed E-state index contributed by atoms with van der Waals surface area (Å²) in [5.74, 6) is 1.53. The molecule has 2 fully saturated rings. The second kappa shape index (κ2) is 4.90. The van der Waals surface area contributed by atoms with E-state index in [0.717, 1.165) is 35.8 Å². The summed E-state index contributed by atoms with van der Waals surface area (Å²) >= 11 is 3.33. The van der Waals surface area contributed by atoms with Crippen molar-refractivity contribution >= 4 is 21.9 Å². The summed E-state index contributed by atoms with van der Waals surface area (Å²) in [6, 6.07) is 0.454. The van der Waals surface area contributed by atoms with Gasteiger partial charge in [0, 0.05) is 25.0 Å².